The second-order valence-electron chi connectivity index (χ2n) is 7.14. The first-order chi connectivity index (χ1) is 13.0. The number of guanidine groups is 1. The Kier molecular flexibility index (Phi) is 6.13. The van der Waals surface area contributed by atoms with Crippen molar-refractivity contribution in [2.75, 3.05) is 39.3 Å². The van der Waals surface area contributed by atoms with Crippen LogP contribution in [0.15, 0.2) is 23.2 Å². The molecule has 1 spiro atoms. The first-order valence-electron chi connectivity index (χ1n) is 9.39. The van der Waals surface area contributed by atoms with Crippen molar-refractivity contribution in [2.24, 2.45) is 10.4 Å². The quantitative estimate of drug-likeness (QED) is 0.465. The molecule has 1 unspecified atom stereocenters. The van der Waals surface area contributed by atoms with Crippen LogP contribution in [0.4, 0.5) is 8.78 Å². The highest BCUT2D eigenvalue weighted by Crippen LogP contribution is 2.35. The van der Waals surface area contributed by atoms with Gasteiger partial charge in [-0.1, -0.05) is 0 Å². The molecular weight excluding hydrogens is 354 g/mol. The summed E-state index contributed by atoms with van der Waals surface area (Å²) in [6.07, 6.45) is 2.63. The van der Waals surface area contributed by atoms with Crippen LogP contribution in [0.2, 0.25) is 0 Å². The highest BCUT2D eigenvalue weighted by molar-refractivity contribution is 5.81. The van der Waals surface area contributed by atoms with Gasteiger partial charge < -0.3 is 20.3 Å². The summed E-state index contributed by atoms with van der Waals surface area (Å²) in [5, 5.41) is 6.24. The third kappa shape index (κ3) is 4.87. The van der Waals surface area contributed by atoms with Crippen molar-refractivity contribution >= 4 is 11.9 Å². The van der Waals surface area contributed by atoms with Crippen LogP contribution in [-0.4, -0.2) is 56.1 Å². The number of rotatable bonds is 5. The van der Waals surface area contributed by atoms with Gasteiger partial charge in [-0.3, -0.25) is 4.79 Å². The fourth-order valence-corrected chi connectivity index (χ4v) is 3.74. The minimum atomic E-state index is -0.928. The van der Waals surface area contributed by atoms with Crippen LogP contribution in [0.1, 0.15) is 26.2 Å². The van der Waals surface area contributed by atoms with Crippen molar-refractivity contribution in [1.82, 2.24) is 15.5 Å². The van der Waals surface area contributed by atoms with E-state index in [0.29, 0.717) is 13.0 Å². The summed E-state index contributed by atoms with van der Waals surface area (Å²) in [5.41, 5.74) is -0.00629. The van der Waals surface area contributed by atoms with Crippen LogP contribution < -0.4 is 15.4 Å². The van der Waals surface area contributed by atoms with Gasteiger partial charge in [0.2, 0.25) is 5.91 Å². The summed E-state index contributed by atoms with van der Waals surface area (Å²) in [6, 6.07) is 3.47. The lowest BCUT2D eigenvalue weighted by molar-refractivity contribution is -0.119. The molecule has 1 amide bonds. The molecule has 148 valence electrons. The summed E-state index contributed by atoms with van der Waals surface area (Å²) in [6.45, 7) is 5.81. The third-order valence-electron chi connectivity index (χ3n) is 5.00. The average Bonchev–Trinajstić information content (AvgIpc) is 3.00. The predicted octanol–water partition coefficient (Wildman–Crippen LogP) is 1.91. The maximum atomic E-state index is 13.2. The maximum Gasteiger partial charge on any atom is 0.220 e. The van der Waals surface area contributed by atoms with Crippen molar-refractivity contribution < 1.29 is 18.3 Å². The normalized spacial score (nSPS) is 22.9. The third-order valence-corrected chi connectivity index (χ3v) is 5.00. The first kappa shape index (κ1) is 19.4. The van der Waals surface area contributed by atoms with Crippen LogP contribution in [0.3, 0.4) is 0 Å². The van der Waals surface area contributed by atoms with Gasteiger partial charge in [-0.25, -0.2) is 13.8 Å². The van der Waals surface area contributed by atoms with Crippen molar-refractivity contribution in [2.45, 2.75) is 26.2 Å². The zero-order valence-electron chi connectivity index (χ0n) is 15.6. The molecule has 2 N–H and O–H groups in total. The highest BCUT2D eigenvalue weighted by atomic mass is 19.2. The predicted molar refractivity (Wildman–Crippen MR) is 98.7 cm³/mol. The van der Waals surface area contributed by atoms with Crippen LogP contribution in [0.25, 0.3) is 0 Å². The molecular formula is C19H26F2N4O2. The lowest BCUT2D eigenvalue weighted by atomic mass is 9.79. The minimum Gasteiger partial charge on any atom is -0.492 e. The molecule has 0 saturated carbocycles. The van der Waals surface area contributed by atoms with Crippen molar-refractivity contribution in [3.05, 3.63) is 29.8 Å². The number of likely N-dealkylation sites (tertiary alicyclic amines) is 1. The van der Waals surface area contributed by atoms with E-state index in [4.69, 9.17) is 4.74 Å². The van der Waals surface area contributed by atoms with Crippen molar-refractivity contribution in [1.29, 1.82) is 0 Å². The van der Waals surface area contributed by atoms with E-state index in [1.54, 1.807) is 0 Å². The minimum absolute atomic E-state index is 0.00629. The number of benzene rings is 1. The summed E-state index contributed by atoms with van der Waals surface area (Å²) in [4.78, 5) is 18.5. The number of carbonyl (C=O) groups excluding carboxylic acids is 1. The van der Waals surface area contributed by atoms with E-state index in [2.05, 4.69) is 20.5 Å². The second-order valence-corrected chi connectivity index (χ2v) is 7.14. The monoisotopic (exact) mass is 380 g/mol. The zero-order chi connectivity index (χ0) is 19.3. The van der Waals surface area contributed by atoms with Gasteiger partial charge in [-0.2, -0.15) is 0 Å². The van der Waals surface area contributed by atoms with E-state index in [1.807, 2.05) is 6.92 Å². The second kappa shape index (κ2) is 8.54. The molecule has 0 aliphatic carbocycles. The Balaban J connectivity index is 1.57. The molecule has 1 atom stereocenters. The lowest BCUT2D eigenvalue weighted by Crippen LogP contribution is -2.51. The molecule has 0 radical (unpaired) electrons. The van der Waals surface area contributed by atoms with Crippen molar-refractivity contribution in [3.63, 3.8) is 0 Å². The smallest absolute Gasteiger partial charge is 0.220 e. The van der Waals surface area contributed by atoms with Gasteiger partial charge in [0.05, 0.1) is 6.54 Å². The van der Waals surface area contributed by atoms with Gasteiger partial charge in [-0.15, -0.1) is 0 Å². The summed E-state index contributed by atoms with van der Waals surface area (Å²) in [7, 11) is 0. The maximum absolute atomic E-state index is 13.2. The number of hydrogen-bond acceptors (Lipinski definition) is 3. The fourth-order valence-electron chi connectivity index (χ4n) is 3.74. The first-order valence-corrected chi connectivity index (χ1v) is 9.39. The topological polar surface area (TPSA) is 66.0 Å². The Bertz CT molecular complexity index is 713. The molecule has 2 fully saturated rings. The number of nitrogens with zero attached hydrogens (tertiary/aromatic N) is 2. The number of amides is 1. The highest BCUT2D eigenvalue weighted by Gasteiger charge is 2.42. The van der Waals surface area contributed by atoms with Crippen LogP contribution >= 0.6 is 0 Å². The van der Waals surface area contributed by atoms with Crippen LogP contribution in [0.5, 0.6) is 5.75 Å². The Morgan fingerprint density at radius 1 is 1.41 bits per heavy atom. The van der Waals surface area contributed by atoms with Gasteiger partial charge in [0.15, 0.2) is 17.6 Å². The number of halogens is 2. The molecule has 3 rings (SSSR count). The lowest BCUT2D eigenvalue weighted by Gasteiger charge is -2.40. The van der Waals surface area contributed by atoms with E-state index in [1.165, 1.54) is 6.07 Å². The van der Waals surface area contributed by atoms with E-state index in [0.717, 1.165) is 57.1 Å². The Morgan fingerprint density at radius 2 is 2.26 bits per heavy atom. The van der Waals surface area contributed by atoms with E-state index >= 15 is 0 Å². The number of nitrogens with one attached hydrogen (secondary N) is 2. The summed E-state index contributed by atoms with van der Waals surface area (Å²) >= 11 is 0. The van der Waals surface area contributed by atoms with Crippen LogP contribution in [-0.2, 0) is 4.79 Å². The molecule has 2 aliphatic heterocycles. The number of carbonyl (C=O) groups is 1. The van der Waals surface area contributed by atoms with E-state index < -0.39 is 11.6 Å². The summed E-state index contributed by atoms with van der Waals surface area (Å²) in [5.74, 6) is -0.624. The molecule has 2 heterocycles. The molecule has 2 aliphatic rings. The number of ether oxygens (including phenoxy) is 1. The molecule has 1 aromatic rings. The van der Waals surface area contributed by atoms with Gasteiger partial charge >= 0.3 is 0 Å². The van der Waals surface area contributed by atoms with Gasteiger partial charge in [0.25, 0.3) is 0 Å². The molecule has 0 aromatic heterocycles. The molecule has 1 aromatic carbocycles. The molecule has 0 bridgehead atoms. The molecule has 8 heteroatoms. The Hall–Kier alpha value is -2.38. The summed E-state index contributed by atoms with van der Waals surface area (Å²) < 4.78 is 31.6. The standard InChI is InChI=1S/C19H26F2N4O2/c1-2-22-18(23-7-9-27-14-4-5-15(20)16(21)10-14)25-8-3-6-19(13-25)11-17(26)24-12-19/h4-5,10H,2-3,6-9,11-13H2,1H3,(H,22,23)(H,24,26). The number of aliphatic imine (C=N–C) groups is 1. The molecule has 2 saturated heterocycles. The number of hydrogen-bond donors (Lipinski definition) is 2. The molecule has 6 nitrogen and oxygen atoms in total. The largest absolute Gasteiger partial charge is 0.492 e. The molecule has 27 heavy (non-hydrogen) atoms. The van der Waals surface area contributed by atoms with Gasteiger partial charge in [0.1, 0.15) is 12.4 Å². The van der Waals surface area contributed by atoms with Gasteiger partial charge in [-0.05, 0) is 31.9 Å². The Morgan fingerprint density at radius 3 is 2.96 bits per heavy atom. The SMILES string of the molecule is CCNC(=NCCOc1ccc(F)c(F)c1)N1CCCC2(CNC(=O)C2)C1. The van der Waals surface area contributed by atoms with Crippen LogP contribution in [0, 0.1) is 17.0 Å². The number of piperidine rings is 1. The van der Waals surface area contributed by atoms with Crippen molar-refractivity contribution in [3.8, 4) is 5.75 Å². The average molecular weight is 380 g/mol. The van der Waals surface area contributed by atoms with E-state index in [9.17, 15) is 13.6 Å². The van der Waals surface area contributed by atoms with Gasteiger partial charge in [0, 0.05) is 44.1 Å². The Labute approximate surface area is 158 Å². The fraction of sp³-hybridized carbons (Fsp3) is 0.579. The zero-order valence-corrected chi connectivity index (χ0v) is 15.6. The van der Waals surface area contributed by atoms with E-state index in [-0.39, 0.29) is 23.7 Å².